The molecule has 1 unspecified atom stereocenters. The molecule has 0 aliphatic heterocycles. The molecule has 11 heavy (non-hydrogen) atoms. The highest BCUT2D eigenvalue weighted by Crippen LogP contribution is 2.31. The van der Waals surface area contributed by atoms with Gasteiger partial charge in [0.05, 0.1) is 0 Å². The highest BCUT2D eigenvalue weighted by atomic mass is 19.3. The van der Waals surface area contributed by atoms with Gasteiger partial charge in [0.15, 0.2) is 0 Å². The van der Waals surface area contributed by atoms with Gasteiger partial charge in [-0.25, -0.2) is 4.39 Å². The summed E-state index contributed by atoms with van der Waals surface area (Å²) in [7, 11) is 0. The summed E-state index contributed by atoms with van der Waals surface area (Å²) in [6.07, 6.45) is -0.880. The van der Waals surface area contributed by atoms with Crippen molar-refractivity contribution in [1.82, 2.24) is 0 Å². The first-order chi connectivity index (χ1) is 4.93. The summed E-state index contributed by atoms with van der Waals surface area (Å²) in [6, 6.07) is 0. The zero-order valence-electron chi connectivity index (χ0n) is 5.81. The first kappa shape index (κ1) is 8.33. The van der Waals surface area contributed by atoms with E-state index >= 15 is 0 Å². The molecule has 0 saturated heterocycles. The second kappa shape index (κ2) is 2.37. The third-order valence-electron chi connectivity index (χ3n) is 1.49. The van der Waals surface area contributed by atoms with Crippen LogP contribution < -0.4 is 0 Å². The minimum absolute atomic E-state index is 0.0602. The lowest BCUT2D eigenvalue weighted by Gasteiger charge is -2.22. The van der Waals surface area contributed by atoms with E-state index in [-0.39, 0.29) is 11.6 Å². The van der Waals surface area contributed by atoms with E-state index in [0.717, 1.165) is 6.08 Å². The van der Waals surface area contributed by atoms with Crippen LogP contribution in [0.15, 0.2) is 23.6 Å². The predicted octanol–water partition coefficient (Wildman–Crippen LogP) is 1.80. The highest BCUT2D eigenvalue weighted by Gasteiger charge is 2.40. The lowest BCUT2D eigenvalue weighted by Crippen LogP contribution is -2.34. The van der Waals surface area contributed by atoms with Gasteiger partial charge in [0.2, 0.25) is 0 Å². The van der Waals surface area contributed by atoms with Crippen LogP contribution in [0.4, 0.5) is 13.2 Å². The molecule has 1 atom stereocenters. The Bertz CT molecular complexity index is 230. The van der Waals surface area contributed by atoms with Crippen LogP contribution in [0.3, 0.4) is 0 Å². The fourth-order valence-corrected chi connectivity index (χ4v) is 0.904. The Balaban J connectivity index is 3.01. The molecule has 0 aromatic heterocycles. The largest absolute Gasteiger partial charge is 0.382 e. The lowest BCUT2D eigenvalue weighted by atomic mass is 9.99. The summed E-state index contributed by atoms with van der Waals surface area (Å²) in [4.78, 5) is 0. The van der Waals surface area contributed by atoms with Crippen molar-refractivity contribution in [2.75, 3.05) is 0 Å². The topological polar surface area (TPSA) is 20.2 Å². The van der Waals surface area contributed by atoms with Crippen molar-refractivity contribution in [3.05, 3.63) is 23.6 Å². The molecule has 1 aliphatic rings. The van der Waals surface area contributed by atoms with Crippen molar-refractivity contribution < 1.29 is 18.3 Å². The fourth-order valence-electron chi connectivity index (χ4n) is 0.904. The third kappa shape index (κ3) is 1.45. The van der Waals surface area contributed by atoms with Crippen LogP contribution in [0.1, 0.15) is 6.92 Å². The zero-order chi connectivity index (χ0) is 8.65. The Labute approximate surface area is 61.8 Å². The van der Waals surface area contributed by atoms with Crippen LogP contribution in [-0.2, 0) is 0 Å². The lowest BCUT2D eigenvalue weighted by molar-refractivity contribution is -0.0538. The van der Waals surface area contributed by atoms with Crippen LogP contribution in [0.25, 0.3) is 0 Å². The number of halogens is 3. The average molecular weight is 164 g/mol. The minimum atomic E-state index is -3.47. The van der Waals surface area contributed by atoms with E-state index in [1.165, 1.54) is 6.92 Å². The standard InChI is InChI=1S/C7H7F3O/c1-4-2-5(8)3-7(9,10)6(4)11/h2-3,6,11H,1H3. The van der Waals surface area contributed by atoms with Gasteiger partial charge in [-0.2, -0.15) is 8.78 Å². The van der Waals surface area contributed by atoms with Crippen molar-refractivity contribution in [3.8, 4) is 0 Å². The van der Waals surface area contributed by atoms with Crippen LogP contribution in [0, 0.1) is 0 Å². The van der Waals surface area contributed by atoms with E-state index in [1.54, 1.807) is 0 Å². The third-order valence-corrected chi connectivity index (χ3v) is 1.49. The first-order valence-corrected chi connectivity index (χ1v) is 3.06. The summed E-state index contributed by atoms with van der Waals surface area (Å²) in [6.45, 7) is 1.26. The Morgan fingerprint density at radius 2 is 2.09 bits per heavy atom. The van der Waals surface area contributed by atoms with Crippen molar-refractivity contribution in [2.24, 2.45) is 0 Å². The molecule has 4 heteroatoms. The van der Waals surface area contributed by atoms with Gasteiger partial charge < -0.3 is 5.11 Å². The van der Waals surface area contributed by atoms with Gasteiger partial charge in [0.1, 0.15) is 11.9 Å². The Morgan fingerprint density at radius 3 is 2.55 bits per heavy atom. The number of hydrogen-bond donors (Lipinski definition) is 1. The molecule has 62 valence electrons. The molecular formula is C7H7F3O. The van der Waals surface area contributed by atoms with Gasteiger partial charge in [0, 0.05) is 6.08 Å². The molecule has 0 heterocycles. The van der Waals surface area contributed by atoms with Crippen LogP contribution in [0.5, 0.6) is 0 Å². The van der Waals surface area contributed by atoms with E-state index < -0.39 is 17.9 Å². The molecule has 0 bridgehead atoms. The van der Waals surface area contributed by atoms with E-state index in [9.17, 15) is 13.2 Å². The quantitative estimate of drug-likeness (QED) is 0.578. The summed E-state index contributed by atoms with van der Waals surface area (Å²) in [5, 5.41) is 8.79. The molecule has 1 N–H and O–H groups in total. The van der Waals surface area contributed by atoms with E-state index in [0.29, 0.717) is 0 Å². The average Bonchev–Trinajstić information content (AvgIpc) is 1.81. The molecular weight excluding hydrogens is 157 g/mol. The maximum Gasteiger partial charge on any atom is 0.298 e. The summed E-state index contributed by atoms with van der Waals surface area (Å²) in [5.41, 5.74) is -0.0602. The predicted molar refractivity (Wildman–Crippen MR) is 33.9 cm³/mol. The van der Waals surface area contributed by atoms with Gasteiger partial charge in [-0.3, -0.25) is 0 Å². The van der Waals surface area contributed by atoms with Crippen molar-refractivity contribution in [1.29, 1.82) is 0 Å². The summed E-state index contributed by atoms with van der Waals surface area (Å²) < 4.78 is 37.3. The maximum atomic E-state index is 12.5. The number of aliphatic hydroxyl groups is 1. The Kier molecular flexibility index (Phi) is 1.80. The second-order valence-corrected chi connectivity index (χ2v) is 2.49. The van der Waals surface area contributed by atoms with Crippen LogP contribution >= 0.6 is 0 Å². The smallest absolute Gasteiger partial charge is 0.298 e. The van der Waals surface area contributed by atoms with Gasteiger partial charge in [-0.1, -0.05) is 0 Å². The summed E-state index contributed by atoms with van der Waals surface area (Å²) in [5.74, 6) is -4.47. The molecule has 0 aromatic carbocycles. The zero-order valence-corrected chi connectivity index (χ0v) is 5.81. The SMILES string of the molecule is CC1=CC(F)=CC(F)(F)C1O. The van der Waals surface area contributed by atoms with Crippen molar-refractivity contribution in [2.45, 2.75) is 19.0 Å². The monoisotopic (exact) mass is 164 g/mol. The van der Waals surface area contributed by atoms with E-state index in [2.05, 4.69) is 0 Å². The first-order valence-electron chi connectivity index (χ1n) is 3.06. The van der Waals surface area contributed by atoms with Crippen molar-refractivity contribution >= 4 is 0 Å². The number of hydrogen-bond acceptors (Lipinski definition) is 1. The normalized spacial score (nSPS) is 29.4. The second-order valence-electron chi connectivity index (χ2n) is 2.49. The maximum absolute atomic E-state index is 12.5. The van der Waals surface area contributed by atoms with Crippen LogP contribution in [-0.4, -0.2) is 17.1 Å². The molecule has 1 rings (SSSR count). The van der Waals surface area contributed by atoms with Gasteiger partial charge in [-0.05, 0) is 18.6 Å². The van der Waals surface area contributed by atoms with E-state index in [1.807, 2.05) is 0 Å². The molecule has 0 amide bonds. The Hall–Kier alpha value is -0.770. The number of alkyl halides is 2. The Morgan fingerprint density at radius 1 is 1.55 bits per heavy atom. The van der Waals surface area contributed by atoms with Gasteiger partial charge in [-0.15, -0.1) is 0 Å². The fraction of sp³-hybridized carbons (Fsp3) is 0.429. The van der Waals surface area contributed by atoms with E-state index in [4.69, 9.17) is 5.11 Å². The summed E-state index contributed by atoms with van der Waals surface area (Å²) >= 11 is 0. The number of rotatable bonds is 0. The minimum Gasteiger partial charge on any atom is -0.382 e. The van der Waals surface area contributed by atoms with Gasteiger partial charge in [0.25, 0.3) is 5.92 Å². The number of allylic oxidation sites excluding steroid dienone is 2. The molecule has 0 aromatic rings. The molecule has 0 fully saturated rings. The molecule has 1 nitrogen and oxygen atoms in total. The molecule has 0 spiro atoms. The van der Waals surface area contributed by atoms with Crippen LogP contribution in [0.2, 0.25) is 0 Å². The molecule has 0 radical (unpaired) electrons. The molecule has 1 aliphatic carbocycles. The highest BCUT2D eigenvalue weighted by molar-refractivity contribution is 5.30. The van der Waals surface area contributed by atoms with Gasteiger partial charge >= 0.3 is 0 Å². The number of aliphatic hydroxyl groups excluding tert-OH is 1. The molecule has 0 saturated carbocycles. The van der Waals surface area contributed by atoms with Crippen molar-refractivity contribution in [3.63, 3.8) is 0 Å².